The highest BCUT2D eigenvalue weighted by Crippen LogP contribution is 2.36. The van der Waals surface area contributed by atoms with Gasteiger partial charge in [0.25, 0.3) is 0 Å². The molecule has 0 aromatic carbocycles. The van der Waals surface area contributed by atoms with E-state index in [0.717, 1.165) is 30.9 Å². The molecule has 20 heavy (non-hydrogen) atoms. The van der Waals surface area contributed by atoms with Gasteiger partial charge in [-0.1, -0.05) is 12.5 Å². The summed E-state index contributed by atoms with van der Waals surface area (Å²) in [7, 11) is 0. The van der Waals surface area contributed by atoms with Gasteiger partial charge in [-0.2, -0.15) is 0 Å². The molecule has 2 fully saturated rings. The standard InChI is InChI=1S/C14H22O6/c1-2-14(19)11(17)13(18)20-12(14)10(16)9(15)8-6-4-3-5-7-8/h2,10-13,15-19H,1,3-7H2/t10-,11+,12-,13+,14+/m1/s1. The first-order valence-corrected chi connectivity index (χ1v) is 6.88. The summed E-state index contributed by atoms with van der Waals surface area (Å²) in [6.07, 6.45) is -0.784. The van der Waals surface area contributed by atoms with Crippen molar-refractivity contribution in [3.63, 3.8) is 0 Å². The minimum atomic E-state index is -2.01. The molecule has 2 rings (SSSR count). The highest BCUT2D eigenvalue weighted by atomic mass is 16.7. The molecule has 6 heteroatoms. The van der Waals surface area contributed by atoms with E-state index < -0.39 is 30.2 Å². The van der Waals surface area contributed by atoms with Crippen LogP contribution in [0.2, 0.25) is 0 Å². The zero-order valence-electron chi connectivity index (χ0n) is 11.3. The van der Waals surface area contributed by atoms with E-state index >= 15 is 0 Å². The largest absolute Gasteiger partial charge is 0.509 e. The summed E-state index contributed by atoms with van der Waals surface area (Å²) in [6.45, 7) is 3.39. The SMILES string of the molecule is C=C[C@@]1(O)[C@@H]([C@H](O)C(O)=C2CCCCC2)O[C@H](O)[C@@H]1O. The maximum atomic E-state index is 10.3. The van der Waals surface area contributed by atoms with Gasteiger partial charge in [0, 0.05) is 0 Å². The normalized spacial score (nSPS) is 39.6. The zero-order valence-corrected chi connectivity index (χ0v) is 11.3. The van der Waals surface area contributed by atoms with E-state index in [1.54, 1.807) is 0 Å². The number of rotatable bonds is 3. The molecule has 1 saturated heterocycles. The molecule has 1 aliphatic carbocycles. The summed E-state index contributed by atoms with van der Waals surface area (Å²) in [5, 5.41) is 49.8. The summed E-state index contributed by atoms with van der Waals surface area (Å²) in [5.41, 5.74) is -1.28. The van der Waals surface area contributed by atoms with Crippen LogP contribution >= 0.6 is 0 Å². The molecule has 0 amide bonds. The molecular weight excluding hydrogens is 264 g/mol. The lowest BCUT2D eigenvalue weighted by Gasteiger charge is -2.31. The highest BCUT2D eigenvalue weighted by molar-refractivity contribution is 5.21. The minimum absolute atomic E-state index is 0.240. The molecule has 0 aromatic heterocycles. The van der Waals surface area contributed by atoms with Crippen LogP contribution in [0.15, 0.2) is 24.0 Å². The van der Waals surface area contributed by atoms with Gasteiger partial charge in [-0.3, -0.25) is 0 Å². The summed E-state index contributed by atoms with van der Waals surface area (Å²) in [5.74, 6) is -0.240. The molecule has 5 atom stereocenters. The number of ether oxygens (including phenoxy) is 1. The van der Waals surface area contributed by atoms with Crippen LogP contribution in [0.4, 0.5) is 0 Å². The Morgan fingerprint density at radius 3 is 2.45 bits per heavy atom. The molecular formula is C14H22O6. The first kappa shape index (κ1) is 15.5. The van der Waals surface area contributed by atoms with Crippen molar-refractivity contribution < 1.29 is 30.3 Å². The predicted octanol–water partition coefficient (Wildman–Crippen LogP) is 0.119. The maximum Gasteiger partial charge on any atom is 0.184 e. The molecule has 1 aliphatic heterocycles. The van der Waals surface area contributed by atoms with Crippen LogP contribution in [-0.2, 0) is 4.74 Å². The number of hydrogen-bond donors (Lipinski definition) is 5. The van der Waals surface area contributed by atoms with E-state index in [4.69, 9.17) is 4.74 Å². The minimum Gasteiger partial charge on any atom is -0.509 e. The lowest BCUT2D eigenvalue weighted by molar-refractivity contribution is -0.145. The Balaban J connectivity index is 2.23. The number of aliphatic hydroxyl groups excluding tert-OH is 4. The summed E-state index contributed by atoms with van der Waals surface area (Å²) in [6, 6.07) is 0. The van der Waals surface area contributed by atoms with Crippen LogP contribution in [0, 0.1) is 0 Å². The fourth-order valence-corrected chi connectivity index (χ4v) is 2.88. The van der Waals surface area contributed by atoms with Crippen molar-refractivity contribution in [3.8, 4) is 0 Å². The first-order chi connectivity index (χ1) is 9.41. The van der Waals surface area contributed by atoms with Gasteiger partial charge in [-0.15, -0.1) is 6.58 Å². The molecule has 5 N–H and O–H groups in total. The summed E-state index contributed by atoms with van der Waals surface area (Å²) in [4.78, 5) is 0. The molecule has 2 aliphatic rings. The van der Waals surface area contributed by atoms with E-state index in [-0.39, 0.29) is 5.76 Å². The second kappa shape index (κ2) is 5.83. The Kier molecular flexibility index (Phi) is 4.51. The summed E-state index contributed by atoms with van der Waals surface area (Å²) < 4.78 is 4.99. The van der Waals surface area contributed by atoms with Crippen molar-refractivity contribution in [1.29, 1.82) is 0 Å². The molecule has 114 valence electrons. The average molecular weight is 286 g/mol. The van der Waals surface area contributed by atoms with Crippen molar-refractivity contribution in [2.75, 3.05) is 0 Å². The fraction of sp³-hybridized carbons (Fsp3) is 0.714. The fourth-order valence-electron chi connectivity index (χ4n) is 2.88. The molecule has 0 radical (unpaired) electrons. The third-order valence-corrected chi connectivity index (χ3v) is 4.20. The molecule has 0 bridgehead atoms. The van der Waals surface area contributed by atoms with Gasteiger partial charge < -0.3 is 30.3 Å². The Bertz CT molecular complexity index is 398. The van der Waals surface area contributed by atoms with Gasteiger partial charge in [0.15, 0.2) is 6.29 Å². The van der Waals surface area contributed by atoms with Crippen LogP contribution in [0.5, 0.6) is 0 Å². The van der Waals surface area contributed by atoms with Gasteiger partial charge >= 0.3 is 0 Å². The second-order valence-electron chi connectivity index (χ2n) is 5.48. The molecule has 0 unspecified atom stereocenters. The topological polar surface area (TPSA) is 110 Å². The van der Waals surface area contributed by atoms with Crippen LogP contribution in [0.1, 0.15) is 32.1 Å². The quantitative estimate of drug-likeness (QED) is 0.372. The van der Waals surface area contributed by atoms with Crippen LogP contribution in [0.25, 0.3) is 0 Å². The average Bonchev–Trinajstić information content (AvgIpc) is 2.71. The molecule has 1 heterocycles. The smallest absolute Gasteiger partial charge is 0.184 e. The molecule has 0 aromatic rings. The Morgan fingerprint density at radius 1 is 1.30 bits per heavy atom. The van der Waals surface area contributed by atoms with E-state index in [9.17, 15) is 25.5 Å². The van der Waals surface area contributed by atoms with Crippen molar-refractivity contribution >= 4 is 0 Å². The monoisotopic (exact) mass is 286 g/mol. The van der Waals surface area contributed by atoms with Crippen molar-refractivity contribution in [1.82, 2.24) is 0 Å². The lowest BCUT2D eigenvalue weighted by Crippen LogP contribution is -2.51. The zero-order chi connectivity index (χ0) is 14.9. The highest BCUT2D eigenvalue weighted by Gasteiger charge is 2.56. The Hall–Kier alpha value is -0.920. The predicted molar refractivity (Wildman–Crippen MR) is 70.8 cm³/mol. The van der Waals surface area contributed by atoms with Gasteiger partial charge in [0.05, 0.1) is 0 Å². The van der Waals surface area contributed by atoms with Gasteiger partial charge in [-0.25, -0.2) is 0 Å². The second-order valence-corrected chi connectivity index (χ2v) is 5.48. The van der Waals surface area contributed by atoms with Crippen molar-refractivity contribution in [2.45, 2.75) is 62.3 Å². The first-order valence-electron chi connectivity index (χ1n) is 6.88. The summed E-state index contributed by atoms with van der Waals surface area (Å²) >= 11 is 0. The Morgan fingerprint density at radius 2 is 1.90 bits per heavy atom. The van der Waals surface area contributed by atoms with Crippen molar-refractivity contribution in [2.24, 2.45) is 0 Å². The molecule has 1 saturated carbocycles. The van der Waals surface area contributed by atoms with Crippen LogP contribution in [-0.4, -0.2) is 55.7 Å². The van der Waals surface area contributed by atoms with Gasteiger partial charge in [0.1, 0.15) is 29.7 Å². The number of aliphatic hydroxyl groups is 5. The van der Waals surface area contributed by atoms with E-state index in [1.165, 1.54) is 0 Å². The molecule has 0 spiro atoms. The Labute approximate surface area is 117 Å². The molecule has 6 nitrogen and oxygen atoms in total. The lowest BCUT2D eigenvalue weighted by atomic mass is 9.86. The third kappa shape index (κ3) is 2.49. The van der Waals surface area contributed by atoms with Crippen LogP contribution in [0.3, 0.4) is 0 Å². The van der Waals surface area contributed by atoms with E-state index in [0.29, 0.717) is 12.8 Å². The maximum absolute atomic E-state index is 10.3. The van der Waals surface area contributed by atoms with E-state index in [2.05, 4.69) is 6.58 Å². The van der Waals surface area contributed by atoms with Gasteiger partial charge in [-0.05, 0) is 31.3 Å². The van der Waals surface area contributed by atoms with E-state index in [1.807, 2.05) is 0 Å². The van der Waals surface area contributed by atoms with Gasteiger partial charge in [0.2, 0.25) is 0 Å². The third-order valence-electron chi connectivity index (χ3n) is 4.20. The van der Waals surface area contributed by atoms with Crippen LogP contribution < -0.4 is 0 Å². The number of allylic oxidation sites excluding steroid dienone is 1. The van der Waals surface area contributed by atoms with Crippen molar-refractivity contribution in [3.05, 3.63) is 24.0 Å². The number of hydrogen-bond acceptors (Lipinski definition) is 6.